The van der Waals surface area contributed by atoms with Crippen LogP contribution in [0.15, 0.2) is 42.5 Å². The van der Waals surface area contributed by atoms with Crippen molar-refractivity contribution in [3.63, 3.8) is 0 Å². The second-order valence-corrected chi connectivity index (χ2v) is 8.52. The van der Waals surface area contributed by atoms with Crippen LogP contribution in [0, 0.1) is 0 Å². The molecule has 0 fully saturated rings. The van der Waals surface area contributed by atoms with E-state index in [0.29, 0.717) is 5.75 Å². The van der Waals surface area contributed by atoms with Crippen LogP contribution in [0.5, 0.6) is 0 Å². The van der Waals surface area contributed by atoms with Crippen molar-refractivity contribution in [2.45, 2.75) is 6.04 Å². The fourth-order valence-electron chi connectivity index (χ4n) is 2.29. The number of sulfone groups is 1. The molecule has 114 valence electrons. The predicted octanol–water partition coefficient (Wildman–Crippen LogP) is 2.88. The lowest BCUT2D eigenvalue weighted by molar-refractivity contribution is 0.603. The number of hydrogen-bond donors (Lipinski definition) is 1. The Kier molecular flexibility index (Phi) is 5.67. The highest BCUT2D eigenvalue weighted by Gasteiger charge is 2.12. The molecular weight excluding hydrogens is 302 g/mol. The molecule has 0 amide bonds. The van der Waals surface area contributed by atoms with E-state index in [0.717, 1.165) is 5.75 Å². The van der Waals surface area contributed by atoms with E-state index in [1.807, 2.05) is 13.1 Å². The Labute approximate surface area is 131 Å². The molecule has 1 atom stereocenters. The molecule has 5 heteroatoms. The molecule has 21 heavy (non-hydrogen) atoms. The molecule has 1 N–H and O–H groups in total. The first kappa shape index (κ1) is 16.3. The first-order valence-corrected chi connectivity index (χ1v) is 10.1. The minimum absolute atomic E-state index is 0.223. The first-order chi connectivity index (χ1) is 10.0. The minimum Gasteiger partial charge on any atom is -0.312 e. The summed E-state index contributed by atoms with van der Waals surface area (Å²) in [4.78, 5) is 0. The van der Waals surface area contributed by atoms with Crippen LogP contribution in [0.1, 0.15) is 11.6 Å². The standard InChI is InChI=1S/C16H21NO2S2/c1-17-16(12-20-10-11-21(2,18)19)15-9-5-7-13-6-3-4-8-14(13)15/h3-9,16-17H,10-12H2,1-2H3. The summed E-state index contributed by atoms with van der Waals surface area (Å²) in [6.45, 7) is 0. The van der Waals surface area contributed by atoms with Crippen molar-refractivity contribution in [2.24, 2.45) is 0 Å². The molecule has 0 aliphatic rings. The highest BCUT2D eigenvalue weighted by atomic mass is 32.2. The van der Waals surface area contributed by atoms with Crippen LogP contribution >= 0.6 is 11.8 Å². The number of rotatable bonds is 7. The molecule has 0 heterocycles. The number of thioether (sulfide) groups is 1. The second kappa shape index (κ2) is 7.29. The third-order valence-corrected chi connectivity index (χ3v) is 5.70. The van der Waals surface area contributed by atoms with E-state index in [1.165, 1.54) is 22.6 Å². The Balaban J connectivity index is 2.09. The maximum absolute atomic E-state index is 11.2. The number of fused-ring (bicyclic) bond motifs is 1. The zero-order valence-electron chi connectivity index (χ0n) is 12.4. The number of benzene rings is 2. The summed E-state index contributed by atoms with van der Waals surface area (Å²) in [7, 11) is -0.921. The smallest absolute Gasteiger partial charge is 0.148 e. The van der Waals surface area contributed by atoms with Gasteiger partial charge in [0.25, 0.3) is 0 Å². The van der Waals surface area contributed by atoms with Gasteiger partial charge in [0.1, 0.15) is 9.84 Å². The number of nitrogens with one attached hydrogen (secondary N) is 1. The van der Waals surface area contributed by atoms with Crippen molar-refractivity contribution in [2.75, 3.05) is 30.6 Å². The van der Waals surface area contributed by atoms with E-state index in [1.54, 1.807) is 11.8 Å². The number of hydrogen-bond acceptors (Lipinski definition) is 4. The molecule has 0 saturated carbocycles. The minimum atomic E-state index is -2.87. The molecule has 2 aromatic rings. The van der Waals surface area contributed by atoms with E-state index in [2.05, 4.69) is 41.7 Å². The van der Waals surface area contributed by atoms with Gasteiger partial charge in [0.05, 0.1) is 5.75 Å². The molecule has 1 unspecified atom stereocenters. The van der Waals surface area contributed by atoms with E-state index >= 15 is 0 Å². The fourth-order valence-corrected chi connectivity index (χ4v) is 4.73. The van der Waals surface area contributed by atoms with Gasteiger partial charge >= 0.3 is 0 Å². The molecule has 0 saturated heterocycles. The summed E-state index contributed by atoms with van der Waals surface area (Å²) >= 11 is 1.67. The van der Waals surface area contributed by atoms with Gasteiger partial charge in [0, 0.05) is 23.8 Å². The molecule has 3 nitrogen and oxygen atoms in total. The summed E-state index contributed by atoms with van der Waals surface area (Å²) in [5.41, 5.74) is 1.27. The van der Waals surface area contributed by atoms with Gasteiger partial charge in [0.2, 0.25) is 0 Å². The molecular formula is C16H21NO2S2. The summed E-state index contributed by atoms with van der Waals surface area (Å²) < 4.78 is 22.3. The SMILES string of the molecule is CNC(CSCCS(C)(=O)=O)c1cccc2ccccc12. The van der Waals surface area contributed by atoms with Gasteiger partial charge < -0.3 is 5.32 Å². The van der Waals surface area contributed by atoms with Crippen LogP contribution in [0.2, 0.25) is 0 Å². The Morgan fingerprint density at radius 3 is 2.57 bits per heavy atom. The van der Waals surface area contributed by atoms with Gasteiger partial charge in [-0.15, -0.1) is 0 Å². The van der Waals surface area contributed by atoms with Gasteiger partial charge in [-0.05, 0) is 23.4 Å². The Bertz CT molecular complexity index is 693. The van der Waals surface area contributed by atoms with Gasteiger partial charge in [-0.25, -0.2) is 8.42 Å². The maximum atomic E-state index is 11.2. The van der Waals surface area contributed by atoms with Gasteiger partial charge in [-0.1, -0.05) is 42.5 Å². The van der Waals surface area contributed by atoms with Crippen molar-refractivity contribution < 1.29 is 8.42 Å². The molecule has 0 radical (unpaired) electrons. The summed E-state index contributed by atoms with van der Waals surface area (Å²) in [6.07, 6.45) is 1.29. The normalized spacial score (nSPS) is 13.4. The molecule has 0 aromatic heterocycles. The van der Waals surface area contributed by atoms with E-state index < -0.39 is 9.84 Å². The summed E-state index contributed by atoms with van der Waals surface area (Å²) in [5, 5.41) is 5.82. The molecule has 0 bridgehead atoms. The van der Waals surface area contributed by atoms with Crippen molar-refractivity contribution in [1.29, 1.82) is 0 Å². The van der Waals surface area contributed by atoms with Gasteiger partial charge in [-0.3, -0.25) is 0 Å². The average molecular weight is 323 g/mol. The summed E-state index contributed by atoms with van der Waals surface area (Å²) in [5.74, 6) is 1.74. The lowest BCUT2D eigenvalue weighted by Gasteiger charge is -2.18. The zero-order chi connectivity index (χ0) is 15.3. The van der Waals surface area contributed by atoms with Crippen LogP contribution < -0.4 is 5.32 Å². The van der Waals surface area contributed by atoms with Crippen LogP contribution in [0.4, 0.5) is 0 Å². The fraction of sp³-hybridized carbons (Fsp3) is 0.375. The first-order valence-electron chi connectivity index (χ1n) is 6.91. The average Bonchev–Trinajstić information content (AvgIpc) is 2.46. The predicted molar refractivity (Wildman–Crippen MR) is 92.8 cm³/mol. The Hall–Kier alpha value is -1.04. The van der Waals surface area contributed by atoms with Gasteiger partial charge in [-0.2, -0.15) is 11.8 Å². The Morgan fingerprint density at radius 1 is 1.14 bits per heavy atom. The van der Waals surface area contributed by atoms with Crippen molar-refractivity contribution in [3.8, 4) is 0 Å². The molecule has 2 aromatic carbocycles. The van der Waals surface area contributed by atoms with E-state index in [9.17, 15) is 8.42 Å². The third kappa shape index (κ3) is 4.73. The summed E-state index contributed by atoms with van der Waals surface area (Å²) in [6, 6.07) is 14.9. The quantitative estimate of drug-likeness (QED) is 0.796. The topological polar surface area (TPSA) is 46.2 Å². The zero-order valence-corrected chi connectivity index (χ0v) is 14.0. The van der Waals surface area contributed by atoms with E-state index in [4.69, 9.17) is 0 Å². The monoisotopic (exact) mass is 323 g/mol. The Morgan fingerprint density at radius 2 is 1.86 bits per heavy atom. The lowest BCUT2D eigenvalue weighted by Crippen LogP contribution is -2.19. The van der Waals surface area contributed by atoms with Crippen LogP contribution in [-0.2, 0) is 9.84 Å². The third-order valence-electron chi connectivity index (χ3n) is 3.43. The maximum Gasteiger partial charge on any atom is 0.148 e. The largest absolute Gasteiger partial charge is 0.312 e. The van der Waals surface area contributed by atoms with Crippen LogP contribution in [-0.4, -0.2) is 39.0 Å². The van der Waals surface area contributed by atoms with Crippen molar-refractivity contribution in [1.82, 2.24) is 5.32 Å². The molecule has 0 aliphatic heterocycles. The van der Waals surface area contributed by atoms with Crippen molar-refractivity contribution in [3.05, 3.63) is 48.0 Å². The molecule has 0 aliphatic carbocycles. The van der Waals surface area contributed by atoms with Crippen LogP contribution in [0.3, 0.4) is 0 Å². The van der Waals surface area contributed by atoms with Gasteiger partial charge in [0.15, 0.2) is 0 Å². The highest BCUT2D eigenvalue weighted by molar-refractivity contribution is 8.00. The molecule has 0 spiro atoms. The van der Waals surface area contributed by atoms with E-state index in [-0.39, 0.29) is 11.8 Å². The van der Waals surface area contributed by atoms with Crippen molar-refractivity contribution >= 4 is 32.4 Å². The highest BCUT2D eigenvalue weighted by Crippen LogP contribution is 2.26. The molecule has 2 rings (SSSR count). The van der Waals surface area contributed by atoms with Crippen LogP contribution in [0.25, 0.3) is 10.8 Å². The lowest BCUT2D eigenvalue weighted by atomic mass is 10.00. The second-order valence-electron chi connectivity index (χ2n) is 5.11.